The predicted octanol–water partition coefficient (Wildman–Crippen LogP) is 5.94. The SMILES string of the molecule is C/C(=C\N1CCCCC1)Cc1ccc(C(C)(C)c2ccccc2)cc1. The molecule has 1 aliphatic heterocycles. The Morgan fingerprint density at radius 3 is 2.12 bits per heavy atom. The molecule has 0 aromatic heterocycles. The van der Waals surface area contributed by atoms with Crippen LogP contribution in [0.3, 0.4) is 0 Å². The Bertz CT molecular complexity index is 689. The smallest absolute Gasteiger partial charge is 0.0172 e. The minimum Gasteiger partial charge on any atom is -0.377 e. The lowest BCUT2D eigenvalue weighted by molar-refractivity contribution is 0.307. The molecular weight excluding hydrogens is 302 g/mol. The fraction of sp³-hybridized carbons (Fsp3) is 0.417. The van der Waals surface area contributed by atoms with Crippen LogP contribution in [0.2, 0.25) is 0 Å². The Hall–Kier alpha value is -2.02. The lowest BCUT2D eigenvalue weighted by Gasteiger charge is -2.27. The normalized spacial score (nSPS) is 16.1. The van der Waals surface area contributed by atoms with Crippen molar-refractivity contribution in [3.8, 4) is 0 Å². The number of hydrogen-bond acceptors (Lipinski definition) is 1. The fourth-order valence-corrected chi connectivity index (χ4v) is 3.79. The Balaban J connectivity index is 1.68. The van der Waals surface area contributed by atoms with E-state index in [4.69, 9.17) is 0 Å². The summed E-state index contributed by atoms with van der Waals surface area (Å²) >= 11 is 0. The Morgan fingerprint density at radius 2 is 1.48 bits per heavy atom. The summed E-state index contributed by atoms with van der Waals surface area (Å²) in [4.78, 5) is 2.49. The van der Waals surface area contributed by atoms with Crippen molar-refractivity contribution in [2.24, 2.45) is 0 Å². The van der Waals surface area contributed by atoms with Crippen molar-refractivity contribution in [3.05, 3.63) is 83.1 Å². The molecule has 0 radical (unpaired) electrons. The molecule has 3 rings (SSSR count). The number of nitrogens with zero attached hydrogens (tertiary/aromatic N) is 1. The number of hydrogen-bond donors (Lipinski definition) is 0. The van der Waals surface area contributed by atoms with Gasteiger partial charge >= 0.3 is 0 Å². The number of rotatable bonds is 5. The van der Waals surface area contributed by atoms with Crippen molar-refractivity contribution in [1.29, 1.82) is 0 Å². The van der Waals surface area contributed by atoms with Crippen molar-refractivity contribution in [3.63, 3.8) is 0 Å². The van der Waals surface area contributed by atoms with Crippen LogP contribution in [0.15, 0.2) is 66.4 Å². The van der Waals surface area contributed by atoms with Gasteiger partial charge in [0, 0.05) is 18.5 Å². The molecule has 1 fully saturated rings. The van der Waals surface area contributed by atoms with Crippen molar-refractivity contribution < 1.29 is 0 Å². The van der Waals surface area contributed by atoms with Crippen LogP contribution >= 0.6 is 0 Å². The van der Waals surface area contributed by atoms with Gasteiger partial charge in [0.2, 0.25) is 0 Å². The van der Waals surface area contributed by atoms with Gasteiger partial charge in [-0.15, -0.1) is 0 Å². The molecule has 0 saturated carbocycles. The van der Waals surface area contributed by atoms with E-state index < -0.39 is 0 Å². The average Bonchev–Trinajstić information content (AvgIpc) is 2.63. The van der Waals surface area contributed by atoms with Gasteiger partial charge in [0.1, 0.15) is 0 Å². The molecule has 1 heterocycles. The highest BCUT2D eigenvalue weighted by Crippen LogP contribution is 2.31. The summed E-state index contributed by atoms with van der Waals surface area (Å²) in [6, 6.07) is 20.0. The largest absolute Gasteiger partial charge is 0.377 e. The summed E-state index contributed by atoms with van der Waals surface area (Å²) < 4.78 is 0. The molecule has 2 aromatic rings. The molecule has 25 heavy (non-hydrogen) atoms. The maximum Gasteiger partial charge on any atom is 0.0172 e. The molecule has 1 nitrogen and oxygen atoms in total. The third kappa shape index (κ3) is 4.54. The zero-order valence-electron chi connectivity index (χ0n) is 16.0. The Kier molecular flexibility index (Phi) is 5.63. The van der Waals surface area contributed by atoms with Crippen molar-refractivity contribution >= 4 is 0 Å². The number of likely N-dealkylation sites (tertiary alicyclic amines) is 1. The molecular formula is C24H31N. The standard InChI is InChI=1S/C24H31N/c1-20(19-25-16-8-5-9-17-25)18-21-12-14-23(15-13-21)24(2,3)22-10-6-4-7-11-22/h4,6-7,10-15,19H,5,8-9,16-18H2,1-3H3/b20-19+. The topological polar surface area (TPSA) is 3.24 Å². The predicted molar refractivity (Wildman–Crippen MR) is 108 cm³/mol. The van der Waals surface area contributed by atoms with Crippen LogP contribution < -0.4 is 0 Å². The Morgan fingerprint density at radius 1 is 0.880 bits per heavy atom. The molecule has 1 heteroatoms. The summed E-state index contributed by atoms with van der Waals surface area (Å²) in [6.45, 7) is 9.32. The molecule has 0 N–H and O–H groups in total. The molecule has 0 bridgehead atoms. The molecule has 2 aromatic carbocycles. The highest BCUT2D eigenvalue weighted by atomic mass is 15.1. The van der Waals surface area contributed by atoms with Gasteiger partial charge in [0.15, 0.2) is 0 Å². The van der Waals surface area contributed by atoms with Gasteiger partial charge < -0.3 is 4.90 Å². The quantitative estimate of drug-likeness (QED) is 0.654. The van der Waals surface area contributed by atoms with Crippen LogP contribution in [0.25, 0.3) is 0 Å². The minimum atomic E-state index is 0.0402. The van der Waals surface area contributed by atoms with E-state index in [9.17, 15) is 0 Å². The second kappa shape index (κ2) is 7.91. The number of benzene rings is 2. The van der Waals surface area contributed by atoms with Crippen LogP contribution in [0, 0.1) is 0 Å². The first-order valence-electron chi connectivity index (χ1n) is 9.62. The average molecular weight is 334 g/mol. The van der Waals surface area contributed by atoms with Gasteiger partial charge in [0.05, 0.1) is 0 Å². The molecule has 0 spiro atoms. The van der Waals surface area contributed by atoms with E-state index in [0.717, 1.165) is 6.42 Å². The van der Waals surface area contributed by atoms with Crippen molar-refractivity contribution in [1.82, 2.24) is 4.90 Å². The van der Waals surface area contributed by atoms with Gasteiger partial charge in [-0.2, -0.15) is 0 Å². The molecule has 0 unspecified atom stereocenters. The van der Waals surface area contributed by atoms with Crippen LogP contribution in [0.1, 0.15) is 56.7 Å². The third-order valence-corrected chi connectivity index (χ3v) is 5.45. The lowest BCUT2D eigenvalue weighted by atomic mass is 9.78. The Labute approximate surface area is 153 Å². The summed E-state index contributed by atoms with van der Waals surface area (Å²) in [5, 5.41) is 0. The van der Waals surface area contributed by atoms with Crippen LogP contribution in [0.4, 0.5) is 0 Å². The monoisotopic (exact) mass is 333 g/mol. The maximum atomic E-state index is 2.49. The molecule has 0 amide bonds. The van der Waals surface area contributed by atoms with E-state index in [2.05, 4.69) is 86.5 Å². The molecule has 132 valence electrons. The first-order valence-corrected chi connectivity index (χ1v) is 9.62. The van der Waals surface area contributed by atoms with Crippen LogP contribution in [-0.2, 0) is 11.8 Å². The molecule has 0 atom stereocenters. The third-order valence-electron chi connectivity index (χ3n) is 5.45. The van der Waals surface area contributed by atoms with E-state index in [1.165, 1.54) is 54.6 Å². The molecule has 1 saturated heterocycles. The summed E-state index contributed by atoms with van der Waals surface area (Å²) in [7, 11) is 0. The van der Waals surface area contributed by atoms with Gasteiger partial charge in [0.25, 0.3) is 0 Å². The van der Waals surface area contributed by atoms with E-state index in [1.807, 2.05) is 0 Å². The van der Waals surface area contributed by atoms with Gasteiger partial charge in [-0.25, -0.2) is 0 Å². The zero-order valence-corrected chi connectivity index (χ0v) is 16.0. The minimum absolute atomic E-state index is 0.0402. The van der Waals surface area contributed by atoms with Gasteiger partial charge in [-0.1, -0.05) is 74.0 Å². The first kappa shape index (κ1) is 17.8. The summed E-state index contributed by atoms with van der Waals surface area (Å²) in [6.07, 6.45) is 7.49. The fourth-order valence-electron chi connectivity index (χ4n) is 3.79. The van der Waals surface area contributed by atoms with Crippen molar-refractivity contribution in [2.75, 3.05) is 13.1 Å². The molecule has 1 aliphatic rings. The van der Waals surface area contributed by atoms with E-state index >= 15 is 0 Å². The second-order valence-electron chi connectivity index (χ2n) is 7.94. The highest BCUT2D eigenvalue weighted by molar-refractivity contribution is 5.39. The zero-order chi connectivity index (χ0) is 17.7. The highest BCUT2D eigenvalue weighted by Gasteiger charge is 2.22. The number of piperidine rings is 1. The van der Waals surface area contributed by atoms with Crippen LogP contribution in [0.5, 0.6) is 0 Å². The van der Waals surface area contributed by atoms with Crippen molar-refractivity contribution in [2.45, 2.75) is 51.9 Å². The van der Waals surface area contributed by atoms with Gasteiger partial charge in [-0.05, 0) is 55.5 Å². The second-order valence-corrected chi connectivity index (χ2v) is 7.94. The molecule has 0 aliphatic carbocycles. The summed E-state index contributed by atoms with van der Waals surface area (Å²) in [5.41, 5.74) is 5.64. The van der Waals surface area contributed by atoms with E-state index in [1.54, 1.807) is 0 Å². The maximum absolute atomic E-state index is 2.49. The van der Waals surface area contributed by atoms with E-state index in [-0.39, 0.29) is 5.41 Å². The van der Waals surface area contributed by atoms with Crippen LogP contribution in [-0.4, -0.2) is 18.0 Å². The van der Waals surface area contributed by atoms with Gasteiger partial charge in [-0.3, -0.25) is 0 Å². The van der Waals surface area contributed by atoms with E-state index in [0.29, 0.717) is 0 Å². The first-order chi connectivity index (χ1) is 12.1. The summed E-state index contributed by atoms with van der Waals surface area (Å²) in [5.74, 6) is 0. The number of allylic oxidation sites excluding steroid dienone is 1. The lowest BCUT2D eigenvalue weighted by Crippen LogP contribution is -2.24.